The van der Waals surface area contributed by atoms with Crippen LogP contribution in [0.2, 0.25) is 0 Å². The quantitative estimate of drug-likeness (QED) is 0.871. The molecule has 4 rings (SSSR count). The minimum Gasteiger partial charge on any atom is -0.353 e. The summed E-state index contributed by atoms with van der Waals surface area (Å²) in [5.74, 6) is 1.10. The Kier molecular flexibility index (Phi) is 4.29. The Morgan fingerprint density at radius 2 is 2.08 bits per heavy atom. The molecule has 1 amide bonds. The molecular weight excluding hydrogens is 310 g/mol. The summed E-state index contributed by atoms with van der Waals surface area (Å²) in [6, 6.07) is 0.282. The second-order valence-electron chi connectivity index (χ2n) is 6.46. The highest BCUT2D eigenvalue weighted by Gasteiger charge is 2.25. The van der Waals surface area contributed by atoms with Crippen molar-refractivity contribution < 1.29 is 13.8 Å². The molecule has 3 heterocycles. The Labute approximate surface area is 139 Å². The van der Waals surface area contributed by atoms with Crippen LogP contribution < -0.4 is 10.6 Å². The van der Waals surface area contributed by atoms with Crippen LogP contribution in [0, 0.1) is 0 Å². The molecule has 0 atom stereocenters. The third-order valence-corrected chi connectivity index (χ3v) is 4.66. The number of amides is 1. The summed E-state index contributed by atoms with van der Waals surface area (Å²) < 4.78 is 10.6. The summed E-state index contributed by atoms with van der Waals surface area (Å²) >= 11 is 0. The molecule has 8 heteroatoms. The molecule has 1 aliphatic heterocycles. The molecule has 1 aliphatic carbocycles. The van der Waals surface area contributed by atoms with E-state index in [4.69, 9.17) is 9.05 Å². The molecule has 0 aromatic carbocycles. The van der Waals surface area contributed by atoms with Crippen molar-refractivity contribution in [2.24, 2.45) is 0 Å². The van der Waals surface area contributed by atoms with E-state index in [0.717, 1.165) is 37.1 Å². The number of aromatic nitrogens is 3. The standard InChI is InChI=1S/C16H21N5O3/c22-14(18-10-4-2-1-3-5-10)8-13-19-16(24-21-13)15-11-9-17-7-6-12(11)20-23-15/h10,17H,1-9H2,(H,18,22). The lowest BCUT2D eigenvalue weighted by molar-refractivity contribution is -0.121. The molecule has 8 nitrogen and oxygen atoms in total. The van der Waals surface area contributed by atoms with E-state index in [9.17, 15) is 4.79 Å². The van der Waals surface area contributed by atoms with Gasteiger partial charge in [0, 0.05) is 31.1 Å². The van der Waals surface area contributed by atoms with Gasteiger partial charge in [0.05, 0.1) is 12.1 Å². The number of carbonyl (C=O) groups is 1. The zero-order valence-electron chi connectivity index (χ0n) is 13.5. The molecule has 128 valence electrons. The van der Waals surface area contributed by atoms with Crippen LogP contribution in [-0.2, 0) is 24.2 Å². The molecule has 2 aliphatic rings. The first-order chi connectivity index (χ1) is 11.8. The van der Waals surface area contributed by atoms with Gasteiger partial charge in [0.1, 0.15) is 0 Å². The first-order valence-electron chi connectivity index (χ1n) is 8.60. The maximum Gasteiger partial charge on any atom is 0.296 e. The largest absolute Gasteiger partial charge is 0.353 e. The molecule has 1 saturated carbocycles. The van der Waals surface area contributed by atoms with Gasteiger partial charge in [-0.3, -0.25) is 4.79 Å². The fourth-order valence-electron chi connectivity index (χ4n) is 3.40. The van der Waals surface area contributed by atoms with Crippen molar-refractivity contribution in [1.82, 2.24) is 25.9 Å². The molecule has 2 N–H and O–H groups in total. The molecule has 0 saturated heterocycles. The smallest absolute Gasteiger partial charge is 0.296 e. The monoisotopic (exact) mass is 331 g/mol. The van der Waals surface area contributed by atoms with Gasteiger partial charge in [0.25, 0.3) is 5.89 Å². The Hall–Kier alpha value is -2.22. The highest BCUT2D eigenvalue weighted by atomic mass is 16.5. The lowest BCUT2D eigenvalue weighted by atomic mass is 9.95. The summed E-state index contributed by atoms with van der Waals surface area (Å²) in [6.07, 6.45) is 6.68. The average molecular weight is 331 g/mol. The zero-order chi connectivity index (χ0) is 16.4. The lowest BCUT2D eigenvalue weighted by Crippen LogP contribution is -2.37. The summed E-state index contributed by atoms with van der Waals surface area (Å²) in [6.45, 7) is 1.56. The van der Waals surface area contributed by atoms with Gasteiger partial charge in [-0.15, -0.1) is 0 Å². The molecule has 0 spiro atoms. The van der Waals surface area contributed by atoms with Gasteiger partial charge in [-0.25, -0.2) is 0 Å². The van der Waals surface area contributed by atoms with E-state index in [0.29, 0.717) is 18.1 Å². The minimum atomic E-state index is -0.0597. The topological polar surface area (TPSA) is 106 Å². The molecule has 2 aromatic rings. The average Bonchev–Trinajstić information content (AvgIpc) is 3.22. The molecular formula is C16H21N5O3. The highest BCUT2D eigenvalue weighted by molar-refractivity contribution is 5.78. The molecule has 2 aromatic heterocycles. The van der Waals surface area contributed by atoms with Crippen molar-refractivity contribution in [2.75, 3.05) is 6.54 Å². The van der Waals surface area contributed by atoms with Gasteiger partial charge in [-0.1, -0.05) is 29.6 Å². The number of carbonyl (C=O) groups excluding carboxylic acids is 1. The Bertz CT molecular complexity index is 717. The van der Waals surface area contributed by atoms with Gasteiger partial charge >= 0.3 is 0 Å². The number of hydrogen-bond acceptors (Lipinski definition) is 7. The Morgan fingerprint density at radius 1 is 1.21 bits per heavy atom. The van der Waals surface area contributed by atoms with Gasteiger partial charge < -0.3 is 19.7 Å². The van der Waals surface area contributed by atoms with Gasteiger partial charge in [0.15, 0.2) is 5.82 Å². The maximum atomic E-state index is 12.1. The number of rotatable bonds is 4. The molecule has 0 unspecified atom stereocenters. The maximum absolute atomic E-state index is 12.1. The summed E-state index contributed by atoms with van der Waals surface area (Å²) in [4.78, 5) is 16.4. The van der Waals surface area contributed by atoms with Crippen LogP contribution >= 0.6 is 0 Å². The first-order valence-corrected chi connectivity index (χ1v) is 8.60. The summed E-state index contributed by atoms with van der Waals surface area (Å²) in [5.41, 5.74) is 1.89. The van der Waals surface area contributed by atoms with Crippen molar-refractivity contribution in [1.29, 1.82) is 0 Å². The third-order valence-electron chi connectivity index (χ3n) is 4.66. The van der Waals surface area contributed by atoms with Gasteiger partial charge in [-0.2, -0.15) is 4.98 Å². The van der Waals surface area contributed by atoms with E-state index in [2.05, 4.69) is 25.9 Å². The number of nitrogens with zero attached hydrogens (tertiary/aromatic N) is 3. The SMILES string of the molecule is O=C(Cc1noc(-c2onc3c2CNCC3)n1)NC1CCCCC1. The molecule has 1 fully saturated rings. The number of hydrogen-bond donors (Lipinski definition) is 2. The van der Waals surface area contributed by atoms with Crippen molar-refractivity contribution >= 4 is 5.91 Å². The second kappa shape index (κ2) is 6.72. The Morgan fingerprint density at radius 3 is 2.96 bits per heavy atom. The molecule has 0 radical (unpaired) electrons. The van der Waals surface area contributed by atoms with E-state index in [1.54, 1.807) is 0 Å². The van der Waals surface area contributed by atoms with Crippen LogP contribution in [0.4, 0.5) is 0 Å². The zero-order valence-corrected chi connectivity index (χ0v) is 13.5. The van der Waals surface area contributed by atoms with Crippen LogP contribution in [0.1, 0.15) is 49.2 Å². The van der Waals surface area contributed by atoms with E-state index in [-0.39, 0.29) is 24.3 Å². The minimum absolute atomic E-state index is 0.0597. The predicted octanol–water partition coefficient (Wildman–Crippen LogP) is 1.36. The van der Waals surface area contributed by atoms with Crippen LogP contribution in [0.5, 0.6) is 0 Å². The Balaban J connectivity index is 1.41. The van der Waals surface area contributed by atoms with Crippen LogP contribution in [0.25, 0.3) is 11.7 Å². The van der Waals surface area contributed by atoms with Crippen molar-refractivity contribution in [3.05, 3.63) is 17.1 Å². The molecule has 0 bridgehead atoms. The van der Waals surface area contributed by atoms with E-state index in [1.165, 1.54) is 19.3 Å². The van der Waals surface area contributed by atoms with Crippen molar-refractivity contribution in [3.63, 3.8) is 0 Å². The third kappa shape index (κ3) is 3.19. The molecule has 24 heavy (non-hydrogen) atoms. The predicted molar refractivity (Wildman–Crippen MR) is 83.9 cm³/mol. The fourth-order valence-corrected chi connectivity index (χ4v) is 3.40. The normalized spacial score (nSPS) is 18.3. The van der Waals surface area contributed by atoms with Crippen LogP contribution in [0.15, 0.2) is 9.05 Å². The van der Waals surface area contributed by atoms with Crippen LogP contribution in [-0.4, -0.2) is 33.8 Å². The van der Waals surface area contributed by atoms with E-state index < -0.39 is 0 Å². The van der Waals surface area contributed by atoms with Crippen LogP contribution in [0.3, 0.4) is 0 Å². The lowest BCUT2D eigenvalue weighted by Gasteiger charge is -2.22. The van der Waals surface area contributed by atoms with Gasteiger partial charge in [-0.05, 0) is 12.8 Å². The van der Waals surface area contributed by atoms with E-state index in [1.807, 2.05) is 0 Å². The van der Waals surface area contributed by atoms with Crippen molar-refractivity contribution in [2.45, 2.75) is 57.5 Å². The number of fused-ring (bicyclic) bond motifs is 1. The second-order valence-corrected chi connectivity index (χ2v) is 6.46. The fraction of sp³-hybridized carbons (Fsp3) is 0.625. The summed E-state index contributed by atoms with van der Waals surface area (Å²) in [5, 5.41) is 14.3. The first kappa shape index (κ1) is 15.3. The van der Waals surface area contributed by atoms with Crippen molar-refractivity contribution in [3.8, 4) is 11.7 Å². The highest BCUT2D eigenvalue weighted by Crippen LogP contribution is 2.27. The van der Waals surface area contributed by atoms with E-state index >= 15 is 0 Å². The summed E-state index contributed by atoms with van der Waals surface area (Å²) in [7, 11) is 0. The number of nitrogens with one attached hydrogen (secondary N) is 2. The van der Waals surface area contributed by atoms with Gasteiger partial charge in [0.2, 0.25) is 11.7 Å².